The number of carbonyl (C=O) groups is 2. The van der Waals surface area contributed by atoms with Crippen molar-refractivity contribution < 1.29 is 43.2 Å². The normalized spacial score (nSPS) is 38.6. The first-order valence-corrected chi connectivity index (χ1v) is 15.6. The van der Waals surface area contributed by atoms with Crippen molar-refractivity contribution in [2.24, 2.45) is 17.8 Å². The van der Waals surface area contributed by atoms with Gasteiger partial charge in [-0.25, -0.2) is 9.78 Å². The summed E-state index contributed by atoms with van der Waals surface area (Å²) in [6, 6.07) is 0. The number of nitrogens with zero attached hydrogens (tertiary/aromatic N) is 1. The van der Waals surface area contributed by atoms with Crippen LogP contribution in [0.3, 0.4) is 0 Å². The van der Waals surface area contributed by atoms with Crippen molar-refractivity contribution in [3.05, 3.63) is 59.4 Å². The quantitative estimate of drug-likeness (QED) is 0.206. The van der Waals surface area contributed by atoms with E-state index in [1.54, 1.807) is 20.1 Å². The first-order valence-electron chi connectivity index (χ1n) is 15.6. The lowest BCUT2D eigenvalue weighted by Crippen LogP contribution is -2.41. The number of cyclic esters (lactones) is 1. The van der Waals surface area contributed by atoms with E-state index in [2.05, 4.69) is 4.98 Å². The van der Waals surface area contributed by atoms with Crippen molar-refractivity contribution in [3.8, 4) is 0 Å². The van der Waals surface area contributed by atoms with Gasteiger partial charge in [0.1, 0.15) is 35.9 Å². The van der Waals surface area contributed by atoms with Crippen LogP contribution in [0.25, 0.3) is 6.08 Å². The first kappa shape index (κ1) is 32.3. The highest BCUT2D eigenvalue weighted by molar-refractivity contribution is 5.78. The molecule has 10 heteroatoms. The van der Waals surface area contributed by atoms with Gasteiger partial charge >= 0.3 is 11.9 Å². The Labute approximate surface area is 258 Å². The largest absolute Gasteiger partial charge is 0.462 e. The molecular formula is C34H45NO9. The Morgan fingerprint density at radius 3 is 2.61 bits per heavy atom. The van der Waals surface area contributed by atoms with Crippen LogP contribution < -0.4 is 0 Å². The van der Waals surface area contributed by atoms with Gasteiger partial charge in [-0.1, -0.05) is 44.2 Å². The van der Waals surface area contributed by atoms with E-state index in [9.17, 15) is 19.8 Å². The van der Waals surface area contributed by atoms with Gasteiger partial charge in [0.2, 0.25) is 0 Å². The number of rotatable bonds is 6. The minimum absolute atomic E-state index is 0.0290. The number of aliphatic hydroxyl groups is 2. The van der Waals surface area contributed by atoms with Gasteiger partial charge in [0.05, 0.1) is 18.3 Å². The Morgan fingerprint density at radius 1 is 1.14 bits per heavy atom. The maximum atomic E-state index is 13.2. The maximum Gasteiger partial charge on any atom is 0.338 e. The monoisotopic (exact) mass is 611 g/mol. The Kier molecular flexibility index (Phi) is 9.65. The molecule has 10 nitrogen and oxygen atoms in total. The lowest BCUT2D eigenvalue weighted by atomic mass is 9.84. The van der Waals surface area contributed by atoms with Crippen LogP contribution in [0, 0.1) is 24.7 Å². The van der Waals surface area contributed by atoms with Crippen molar-refractivity contribution in [3.63, 3.8) is 0 Å². The Bertz CT molecular complexity index is 1340. The summed E-state index contributed by atoms with van der Waals surface area (Å²) in [5.74, 6) is -0.684. The van der Waals surface area contributed by atoms with Crippen LogP contribution in [0.4, 0.5) is 0 Å². The molecule has 11 atom stereocenters. The number of hydrogen-bond acceptors (Lipinski definition) is 10. The molecule has 2 N–H and O–H groups in total. The topological polar surface area (TPSA) is 144 Å². The van der Waals surface area contributed by atoms with Gasteiger partial charge in [-0.3, -0.25) is 4.79 Å². The molecule has 240 valence electrons. The summed E-state index contributed by atoms with van der Waals surface area (Å²) in [6.45, 7) is 11.2. The van der Waals surface area contributed by atoms with E-state index in [4.69, 9.17) is 23.4 Å². The summed E-state index contributed by atoms with van der Waals surface area (Å²) in [5, 5.41) is 22.6. The van der Waals surface area contributed by atoms with E-state index >= 15 is 0 Å². The number of ether oxygens (including phenoxy) is 4. The number of epoxide rings is 2. The molecule has 44 heavy (non-hydrogen) atoms. The number of hydrogen-bond donors (Lipinski definition) is 2. The summed E-state index contributed by atoms with van der Waals surface area (Å²) in [4.78, 5) is 29.9. The van der Waals surface area contributed by atoms with E-state index in [0.29, 0.717) is 30.7 Å². The van der Waals surface area contributed by atoms with Crippen LogP contribution in [0.1, 0.15) is 71.9 Å². The smallest absolute Gasteiger partial charge is 0.338 e. The Morgan fingerprint density at radius 2 is 1.89 bits per heavy atom. The first-order chi connectivity index (χ1) is 20.8. The fourth-order valence-electron chi connectivity index (χ4n) is 6.25. The molecule has 0 radical (unpaired) electrons. The van der Waals surface area contributed by atoms with Gasteiger partial charge in [0.15, 0.2) is 12.0 Å². The van der Waals surface area contributed by atoms with Crippen LogP contribution in [0.5, 0.6) is 0 Å². The zero-order valence-corrected chi connectivity index (χ0v) is 26.3. The molecule has 2 bridgehead atoms. The minimum atomic E-state index is -0.960. The van der Waals surface area contributed by atoms with E-state index < -0.39 is 41.9 Å². The zero-order chi connectivity index (χ0) is 31.8. The van der Waals surface area contributed by atoms with Gasteiger partial charge in [-0.05, 0) is 56.8 Å². The number of esters is 2. The second-order valence-electron chi connectivity index (χ2n) is 13.1. The van der Waals surface area contributed by atoms with Gasteiger partial charge in [-0.2, -0.15) is 0 Å². The molecule has 3 saturated heterocycles. The van der Waals surface area contributed by atoms with Crippen molar-refractivity contribution in [2.45, 2.75) is 116 Å². The molecule has 4 aliphatic rings. The van der Waals surface area contributed by atoms with E-state index in [-0.39, 0.29) is 42.5 Å². The standard InChI is InChI=1S/C34H45NO9/c1-18(12-24-17-40-22(5)35-24)8-7-9-20(3)31(38)21(4)26-16-28(36)34(6)29(44-34)11-10-19(2)25-13-23(15-30(37)41-25)14-27-32(42-27)33(39)43-26/h7-12,17,19,21,23,25-29,31-32,36,38H,13-16H2,1-6H3/b8-7+,11-10+,18-12+,20-9+/t19-,21+,23+,25-,26+,27+,28+,29-,31?,32-,34-/m1/s1. The molecule has 4 aliphatic heterocycles. The summed E-state index contributed by atoms with van der Waals surface area (Å²) in [7, 11) is 0. The number of carbonyl (C=O) groups excluding carboxylic acids is 2. The van der Waals surface area contributed by atoms with Gasteiger partial charge < -0.3 is 33.6 Å². The summed E-state index contributed by atoms with van der Waals surface area (Å²) >= 11 is 0. The third-order valence-electron chi connectivity index (χ3n) is 9.42. The fraction of sp³-hybridized carbons (Fsp3) is 0.618. The van der Waals surface area contributed by atoms with Crippen LogP contribution >= 0.6 is 0 Å². The average molecular weight is 612 g/mol. The molecule has 1 aromatic heterocycles. The molecule has 0 aliphatic carbocycles. The van der Waals surface area contributed by atoms with Gasteiger partial charge in [0.25, 0.3) is 0 Å². The van der Waals surface area contributed by atoms with E-state index in [0.717, 1.165) is 11.3 Å². The van der Waals surface area contributed by atoms with Gasteiger partial charge in [0, 0.05) is 31.6 Å². The molecule has 5 heterocycles. The van der Waals surface area contributed by atoms with Crippen LogP contribution in [0.15, 0.2) is 52.2 Å². The third-order valence-corrected chi connectivity index (χ3v) is 9.42. The number of aliphatic hydroxyl groups excluding tert-OH is 2. The van der Waals surface area contributed by atoms with Crippen LogP contribution in [0.2, 0.25) is 0 Å². The highest BCUT2D eigenvalue weighted by Crippen LogP contribution is 2.44. The number of allylic oxidation sites excluding steroid dienone is 4. The maximum absolute atomic E-state index is 13.2. The Hall–Kier alpha value is -3.05. The molecule has 0 aromatic carbocycles. The minimum Gasteiger partial charge on any atom is -0.462 e. The summed E-state index contributed by atoms with van der Waals surface area (Å²) < 4.78 is 28.5. The summed E-state index contributed by atoms with van der Waals surface area (Å²) in [5.41, 5.74) is 1.49. The van der Waals surface area contributed by atoms with Crippen molar-refractivity contribution in [1.29, 1.82) is 0 Å². The van der Waals surface area contributed by atoms with E-state index in [1.165, 1.54) is 0 Å². The average Bonchev–Trinajstić information content (AvgIpc) is 3.84. The number of aromatic nitrogens is 1. The highest BCUT2D eigenvalue weighted by atomic mass is 16.6. The van der Waals surface area contributed by atoms with Crippen molar-refractivity contribution in [2.75, 3.05) is 0 Å². The van der Waals surface area contributed by atoms with Crippen molar-refractivity contribution in [1.82, 2.24) is 4.98 Å². The second-order valence-corrected chi connectivity index (χ2v) is 13.1. The van der Waals surface area contributed by atoms with E-state index in [1.807, 2.05) is 64.2 Å². The predicted octanol–water partition coefficient (Wildman–Crippen LogP) is 4.39. The Balaban J connectivity index is 1.30. The van der Waals surface area contributed by atoms with Crippen LogP contribution in [-0.4, -0.2) is 75.5 Å². The summed E-state index contributed by atoms with van der Waals surface area (Å²) in [6.07, 6.45) is 10.2. The zero-order valence-electron chi connectivity index (χ0n) is 26.3. The molecule has 3 fully saturated rings. The molecule has 0 saturated carbocycles. The molecule has 1 aromatic rings. The van der Waals surface area contributed by atoms with Crippen molar-refractivity contribution >= 4 is 18.0 Å². The van der Waals surface area contributed by atoms with Crippen LogP contribution in [-0.2, 0) is 28.5 Å². The number of oxazole rings is 1. The molecular weight excluding hydrogens is 566 g/mol. The lowest BCUT2D eigenvalue weighted by Gasteiger charge is -2.32. The van der Waals surface area contributed by atoms with Gasteiger partial charge in [-0.15, -0.1) is 0 Å². The molecule has 1 unspecified atom stereocenters. The third kappa shape index (κ3) is 7.59. The molecule has 5 rings (SSSR count). The second kappa shape index (κ2) is 13.1. The fourth-order valence-corrected chi connectivity index (χ4v) is 6.25. The lowest BCUT2D eigenvalue weighted by molar-refractivity contribution is -0.159. The SMILES string of the molecule is CC(/C=C/C=C(\C)C(O)[C@@H](C)[C@@H]1C[C@H](O)[C@@]2(C)O[C@@H]2/C=C/[C@@H](C)[C@H]2C[C@H](CC(=O)O2)C[C@@H]2O[C@H]2C(=O)O1)=C\c1coc(C)n1. The predicted molar refractivity (Wildman–Crippen MR) is 161 cm³/mol. The molecule has 0 spiro atoms. The molecule has 0 amide bonds. The number of fused-ring (bicyclic) bond motifs is 4. The number of aryl methyl sites for hydroxylation is 1. The highest BCUT2D eigenvalue weighted by Gasteiger charge is 2.57.